The zero-order valence-corrected chi connectivity index (χ0v) is 11.8. The van der Waals surface area contributed by atoms with Gasteiger partial charge in [-0.1, -0.05) is 6.92 Å². The second-order valence-corrected chi connectivity index (χ2v) is 5.37. The fourth-order valence-electron chi connectivity index (χ4n) is 2.50. The molecule has 102 valence electrons. The van der Waals surface area contributed by atoms with Crippen LogP contribution in [0.2, 0.25) is 0 Å². The Balaban J connectivity index is 1.72. The number of likely N-dealkylation sites (tertiary alicyclic amines) is 1. The van der Waals surface area contributed by atoms with Crippen LogP contribution in [0.3, 0.4) is 0 Å². The first-order chi connectivity index (χ1) is 8.70. The summed E-state index contributed by atoms with van der Waals surface area (Å²) in [5, 5.41) is 0. The topological polar surface area (TPSA) is 30.3 Å². The zero-order valence-electron chi connectivity index (χ0n) is 11.8. The Morgan fingerprint density at radius 3 is 2.72 bits per heavy atom. The maximum atomic E-state index is 5.77. The number of rotatable bonds is 5. The Morgan fingerprint density at radius 2 is 2.17 bits per heavy atom. The van der Waals surface area contributed by atoms with Gasteiger partial charge in [-0.05, 0) is 45.2 Å². The number of nitrogens with zero attached hydrogens (tertiary/aromatic N) is 3. The van der Waals surface area contributed by atoms with Crippen LogP contribution in [0.4, 0.5) is 0 Å². The van der Waals surface area contributed by atoms with E-state index in [2.05, 4.69) is 23.7 Å². The molecule has 0 bridgehead atoms. The van der Waals surface area contributed by atoms with Crippen molar-refractivity contribution in [1.82, 2.24) is 14.5 Å². The molecule has 2 rings (SSSR count). The van der Waals surface area contributed by atoms with Crippen molar-refractivity contribution in [2.75, 3.05) is 19.7 Å². The first-order valence-electron chi connectivity index (χ1n) is 7.05. The molecule has 18 heavy (non-hydrogen) atoms. The van der Waals surface area contributed by atoms with Gasteiger partial charge in [0.1, 0.15) is 0 Å². The zero-order chi connectivity index (χ0) is 13.0. The molecule has 0 aromatic carbocycles. The van der Waals surface area contributed by atoms with E-state index in [4.69, 9.17) is 4.74 Å². The Labute approximate surface area is 110 Å². The second kappa shape index (κ2) is 6.23. The highest BCUT2D eigenvalue weighted by Gasteiger charge is 2.22. The molecule has 1 aliphatic rings. The highest BCUT2D eigenvalue weighted by atomic mass is 16.5. The second-order valence-electron chi connectivity index (χ2n) is 5.37. The average Bonchev–Trinajstić information content (AvgIpc) is 2.81. The standard InChI is InChI=1S/C14H25N3O/c1-4-12(2)17-8-5-13(6-9-17)11-18-14-15-7-10-16(14)3/h7,10,12-13H,4-6,8-9,11H2,1-3H3. The van der Waals surface area contributed by atoms with Crippen LogP contribution in [0.25, 0.3) is 0 Å². The van der Waals surface area contributed by atoms with Gasteiger partial charge in [0, 0.05) is 25.5 Å². The Bertz CT molecular complexity index is 356. The van der Waals surface area contributed by atoms with Gasteiger partial charge in [-0.3, -0.25) is 0 Å². The third-order valence-electron chi connectivity index (χ3n) is 4.09. The number of imidazole rings is 1. The van der Waals surface area contributed by atoms with Crippen LogP contribution in [0.15, 0.2) is 12.4 Å². The number of ether oxygens (including phenoxy) is 1. The largest absolute Gasteiger partial charge is 0.464 e. The summed E-state index contributed by atoms with van der Waals surface area (Å²) in [5.74, 6) is 0.682. The lowest BCUT2D eigenvalue weighted by atomic mass is 9.96. The van der Waals surface area contributed by atoms with Crippen LogP contribution in [0.1, 0.15) is 33.1 Å². The van der Waals surface area contributed by atoms with Crippen LogP contribution in [-0.2, 0) is 7.05 Å². The fourth-order valence-corrected chi connectivity index (χ4v) is 2.50. The molecule has 1 atom stereocenters. The molecular weight excluding hydrogens is 226 g/mol. The van der Waals surface area contributed by atoms with Gasteiger partial charge in [-0.25, -0.2) is 4.98 Å². The first-order valence-corrected chi connectivity index (χ1v) is 7.05. The summed E-state index contributed by atoms with van der Waals surface area (Å²) in [7, 11) is 1.97. The number of aromatic nitrogens is 2. The van der Waals surface area contributed by atoms with E-state index in [-0.39, 0.29) is 0 Å². The molecule has 0 saturated carbocycles. The summed E-state index contributed by atoms with van der Waals surface area (Å²) < 4.78 is 7.70. The van der Waals surface area contributed by atoms with E-state index in [9.17, 15) is 0 Å². The van der Waals surface area contributed by atoms with Crippen LogP contribution >= 0.6 is 0 Å². The lowest BCUT2D eigenvalue weighted by Crippen LogP contribution is -2.40. The molecular formula is C14H25N3O. The van der Waals surface area contributed by atoms with Gasteiger partial charge in [-0.2, -0.15) is 0 Å². The van der Waals surface area contributed by atoms with Gasteiger partial charge in [0.05, 0.1) is 6.61 Å². The third-order valence-corrected chi connectivity index (χ3v) is 4.09. The van der Waals surface area contributed by atoms with Crippen molar-refractivity contribution in [1.29, 1.82) is 0 Å². The van der Waals surface area contributed by atoms with E-state index < -0.39 is 0 Å². The fraction of sp³-hybridized carbons (Fsp3) is 0.786. The minimum absolute atomic E-state index is 0.682. The Hall–Kier alpha value is -1.03. The van der Waals surface area contributed by atoms with E-state index in [1.54, 1.807) is 6.20 Å². The van der Waals surface area contributed by atoms with Crippen molar-refractivity contribution in [2.45, 2.75) is 39.2 Å². The minimum atomic E-state index is 0.682. The van der Waals surface area contributed by atoms with E-state index in [0.29, 0.717) is 5.92 Å². The minimum Gasteiger partial charge on any atom is -0.464 e. The molecule has 1 aliphatic heterocycles. The summed E-state index contributed by atoms with van der Waals surface area (Å²) in [6, 6.07) is 1.46. The highest BCUT2D eigenvalue weighted by Crippen LogP contribution is 2.20. The summed E-state index contributed by atoms with van der Waals surface area (Å²) >= 11 is 0. The van der Waals surface area contributed by atoms with Gasteiger partial charge < -0.3 is 14.2 Å². The molecule has 1 aromatic rings. The molecule has 4 heteroatoms. The quantitative estimate of drug-likeness (QED) is 0.804. The smallest absolute Gasteiger partial charge is 0.295 e. The summed E-state index contributed by atoms with van der Waals surface area (Å²) in [5.41, 5.74) is 0. The molecule has 1 unspecified atom stereocenters. The van der Waals surface area contributed by atoms with Gasteiger partial charge >= 0.3 is 0 Å². The predicted molar refractivity (Wildman–Crippen MR) is 72.8 cm³/mol. The molecule has 0 amide bonds. The van der Waals surface area contributed by atoms with Crippen molar-refractivity contribution in [3.05, 3.63) is 12.4 Å². The molecule has 1 aromatic heterocycles. The Morgan fingerprint density at radius 1 is 1.44 bits per heavy atom. The number of aryl methyl sites for hydroxylation is 1. The molecule has 2 heterocycles. The maximum Gasteiger partial charge on any atom is 0.295 e. The van der Waals surface area contributed by atoms with E-state index in [0.717, 1.165) is 18.7 Å². The predicted octanol–water partition coefficient (Wildman–Crippen LogP) is 2.31. The van der Waals surface area contributed by atoms with E-state index >= 15 is 0 Å². The number of hydrogen-bond donors (Lipinski definition) is 0. The summed E-state index contributed by atoms with van der Waals surface area (Å²) in [4.78, 5) is 6.78. The Kier molecular flexibility index (Phi) is 4.64. The van der Waals surface area contributed by atoms with Crippen molar-refractivity contribution in [3.63, 3.8) is 0 Å². The lowest BCUT2D eigenvalue weighted by Gasteiger charge is -2.35. The van der Waals surface area contributed by atoms with Crippen LogP contribution < -0.4 is 4.74 Å². The first kappa shape index (κ1) is 13.4. The van der Waals surface area contributed by atoms with Crippen LogP contribution in [0, 0.1) is 5.92 Å². The monoisotopic (exact) mass is 251 g/mol. The molecule has 4 nitrogen and oxygen atoms in total. The van der Waals surface area contributed by atoms with Crippen molar-refractivity contribution in [3.8, 4) is 6.01 Å². The van der Waals surface area contributed by atoms with Crippen LogP contribution in [0.5, 0.6) is 6.01 Å². The molecule has 0 N–H and O–H groups in total. The number of piperidine rings is 1. The molecule has 1 fully saturated rings. The van der Waals surface area contributed by atoms with Crippen LogP contribution in [-0.4, -0.2) is 40.2 Å². The molecule has 0 spiro atoms. The average molecular weight is 251 g/mol. The summed E-state index contributed by atoms with van der Waals surface area (Å²) in [6.07, 6.45) is 7.43. The van der Waals surface area contributed by atoms with Gasteiger partial charge in [0.2, 0.25) is 0 Å². The van der Waals surface area contributed by atoms with Gasteiger partial charge in [0.15, 0.2) is 0 Å². The third kappa shape index (κ3) is 3.25. The van der Waals surface area contributed by atoms with E-state index in [1.165, 1.54) is 32.4 Å². The maximum absolute atomic E-state index is 5.77. The van der Waals surface area contributed by atoms with Crippen molar-refractivity contribution in [2.24, 2.45) is 13.0 Å². The summed E-state index contributed by atoms with van der Waals surface area (Å²) in [6.45, 7) is 7.82. The SMILES string of the molecule is CCC(C)N1CCC(COc2nccn2C)CC1. The van der Waals surface area contributed by atoms with Gasteiger partial charge in [-0.15, -0.1) is 0 Å². The van der Waals surface area contributed by atoms with Crippen molar-refractivity contribution >= 4 is 0 Å². The van der Waals surface area contributed by atoms with E-state index in [1.807, 2.05) is 17.8 Å². The number of hydrogen-bond acceptors (Lipinski definition) is 3. The molecule has 0 radical (unpaired) electrons. The highest BCUT2D eigenvalue weighted by molar-refractivity contribution is 4.96. The lowest BCUT2D eigenvalue weighted by molar-refractivity contribution is 0.107. The molecule has 0 aliphatic carbocycles. The molecule has 1 saturated heterocycles. The van der Waals surface area contributed by atoms with Gasteiger partial charge in [0.25, 0.3) is 6.01 Å². The van der Waals surface area contributed by atoms with Crippen molar-refractivity contribution < 1.29 is 4.74 Å². The normalized spacial score (nSPS) is 19.9.